The van der Waals surface area contributed by atoms with Gasteiger partial charge in [-0.1, -0.05) is 23.8 Å². The normalized spacial score (nSPS) is 13.7. The van der Waals surface area contributed by atoms with Crippen molar-refractivity contribution in [3.8, 4) is 0 Å². The molecule has 0 atom stereocenters. The summed E-state index contributed by atoms with van der Waals surface area (Å²) in [5, 5.41) is 5.72. The summed E-state index contributed by atoms with van der Waals surface area (Å²) in [7, 11) is 0. The van der Waals surface area contributed by atoms with Gasteiger partial charge in [-0.2, -0.15) is 0 Å². The van der Waals surface area contributed by atoms with Gasteiger partial charge in [0.15, 0.2) is 0 Å². The lowest BCUT2D eigenvalue weighted by Crippen LogP contribution is -2.50. The number of piperazine rings is 1. The van der Waals surface area contributed by atoms with Crippen LogP contribution < -0.4 is 15.5 Å². The molecule has 0 bridgehead atoms. The SMILES string of the molecule is C=CCN(CC(=O)Nc1ccc(N2CCN(C(=O)c3ccc(C)cc3)CC2)cc1)C(=O)NC(C)(C)C. The van der Waals surface area contributed by atoms with E-state index in [4.69, 9.17) is 0 Å². The van der Waals surface area contributed by atoms with Gasteiger partial charge in [-0.25, -0.2) is 4.79 Å². The molecule has 4 amide bonds. The molecule has 0 radical (unpaired) electrons. The van der Waals surface area contributed by atoms with Crippen molar-refractivity contribution in [3.05, 3.63) is 72.3 Å². The number of aryl methyl sites for hydroxylation is 1. The predicted molar refractivity (Wildman–Crippen MR) is 144 cm³/mol. The Bertz CT molecular complexity index is 1070. The molecule has 2 aromatic rings. The van der Waals surface area contributed by atoms with Gasteiger partial charge in [-0.15, -0.1) is 6.58 Å². The molecule has 0 spiro atoms. The van der Waals surface area contributed by atoms with Crippen molar-refractivity contribution in [2.75, 3.05) is 49.5 Å². The quantitative estimate of drug-likeness (QED) is 0.576. The second kappa shape index (κ2) is 11.7. The summed E-state index contributed by atoms with van der Waals surface area (Å²) in [5.74, 6) is -0.216. The van der Waals surface area contributed by atoms with Crippen LogP contribution in [0.3, 0.4) is 0 Å². The Hall–Kier alpha value is -3.81. The van der Waals surface area contributed by atoms with Crippen molar-refractivity contribution in [1.29, 1.82) is 0 Å². The molecular formula is C28H37N5O3. The molecule has 192 valence electrons. The molecule has 1 aliphatic heterocycles. The number of benzene rings is 2. The highest BCUT2D eigenvalue weighted by molar-refractivity contribution is 5.95. The molecule has 8 nitrogen and oxygen atoms in total. The summed E-state index contributed by atoms with van der Waals surface area (Å²) < 4.78 is 0. The fourth-order valence-corrected chi connectivity index (χ4v) is 3.95. The number of carbonyl (C=O) groups excluding carboxylic acids is 3. The fraction of sp³-hybridized carbons (Fsp3) is 0.393. The van der Waals surface area contributed by atoms with E-state index in [9.17, 15) is 14.4 Å². The molecule has 36 heavy (non-hydrogen) atoms. The molecule has 2 N–H and O–H groups in total. The average Bonchev–Trinajstić information content (AvgIpc) is 2.83. The zero-order valence-electron chi connectivity index (χ0n) is 21.7. The fourth-order valence-electron chi connectivity index (χ4n) is 3.95. The van der Waals surface area contributed by atoms with Crippen LogP contribution in [0.25, 0.3) is 0 Å². The molecule has 2 aromatic carbocycles. The smallest absolute Gasteiger partial charge is 0.318 e. The minimum atomic E-state index is -0.401. The highest BCUT2D eigenvalue weighted by atomic mass is 16.2. The van der Waals surface area contributed by atoms with Crippen molar-refractivity contribution in [1.82, 2.24) is 15.1 Å². The summed E-state index contributed by atoms with van der Waals surface area (Å²) in [4.78, 5) is 43.3. The molecule has 0 aliphatic carbocycles. The third-order valence-corrected chi connectivity index (χ3v) is 5.83. The Balaban J connectivity index is 1.51. The second-order valence-corrected chi connectivity index (χ2v) is 10.1. The van der Waals surface area contributed by atoms with Gasteiger partial charge in [0, 0.05) is 55.2 Å². The summed E-state index contributed by atoms with van der Waals surface area (Å²) in [5.41, 5.74) is 3.15. The summed E-state index contributed by atoms with van der Waals surface area (Å²) >= 11 is 0. The molecule has 1 aliphatic rings. The number of anilines is 2. The van der Waals surface area contributed by atoms with Gasteiger partial charge in [0.25, 0.3) is 5.91 Å². The van der Waals surface area contributed by atoms with Crippen LogP contribution in [0.2, 0.25) is 0 Å². The zero-order valence-corrected chi connectivity index (χ0v) is 21.7. The lowest BCUT2D eigenvalue weighted by atomic mass is 10.1. The first kappa shape index (κ1) is 26.8. The van der Waals surface area contributed by atoms with Crippen LogP contribution in [-0.4, -0.2) is 72.5 Å². The van der Waals surface area contributed by atoms with E-state index in [1.54, 1.807) is 6.08 Å². The van der Waals surface area contributed by atoms with Gasteiger partial charge >= 0.3 is 6.03 Å². The Morgan fingerprint density at radius 2 is 1.58 bits per heavy atom. The highest BCUT2D eigenvalue weighted by Gasteiger charge is 2.23. The third kappa shape index (κ3) is 7.60. The second-order valence-electron chi connectivity index (χ2n) is 10.1. The predicted octanol–water partition coefficient (Wildman–Crippen LogP) is 3.89. The average molecular weight is 492 g/mol. The number of nitrogens with zero attached hydrogens (tertiary/aromatic N) is 3. The minimum absolute atomic E-state index is 0.0643. The Morgan fingerprint density at radius 1 is 0.972 bits per heavy atom. The van der Waals surface area contributed by atoms with Crippen molar-refractivity contribution < 1.29 is 14.4 Å². The van der Waals surface area contributed by atoms with Crippen LogP contribution in [0, 0.1) is 6.92 Å². The topological polar surface area (TPSA) is 85.0 Å². The van der Waals surface area contributed by atoms with Crippen molar-refractivity contribution in [2.45, 2.75) is 33.2 Å². The number of urea groups is 1. The number of hydrogen-bond acceptors (Lipinski definition) is 4. The molecule has 1 fully saturated rings. The van der Waals surface area contributed by atoms with E-state index in [2.05, 4.69) is 22.1 Å². The Morgan fingerprint density at radius 3 is 2.14 bits per heavy atom. The molecule has 0 saturated carbocycles. The standard InChI is InChI=1S/C28H37N5O3/c1-6-15-33(27(36)30-28(3,4)5)20-25(34)29-23-11-13-24(14-12-23)31-16-18-32(19-17-31)26(35)22-9-7-21(2)8-10-22/h6-14H,1,15-20H2,2-5H3,(H,29,34)(H,30,36). The van der Waals surface area contributed by atoms with E-state index in [1.165, 1.54) is 4.90 Å². The van der Waals surface area contributed by atoms with Crippen LogP contribution >= 0.6 is 0 Å². The van der Waals surface area contributed by atoms with Crippen LogP contribution in [0.4, 0.5) is 16.2 Å². The highest BCUT2D eigenvalue weighted by Crippen LogP contribution is 2.20. The maximum Gasteiger partial charge on any atom is 0.318 e. The Kier molecular flexibility index (Phi) is 8.74. The molecule has 8 heteroatoms. The third-order valence-electron chi connectivity index (χ3n) is 5.83. The number of nitrogens with one attached hydrogen (secondary N) is 2. The molecule has 3 rings (SSSR count). The first-order valence-corrected chi connectivity index (χ1v) is 12.2. The first-order chi connectivity index (χ1) is 17.1. The van der Waals surface area contributed by atoms with Crippen molar-refractivity contribution in [3.63, 3.8) is 0 Å². The number of carbonyl (C=O) groups is 3. The lowest BCUT2D eigenvalue weighted by molar-refractivity contribution is -0.116. The first-order valence-electron chi connectivity index (χ1n) is 12.2. The van der Waals surface area contributed by atoms with E-state index in [0.29, 0.717) is 18.8 Å². The molecule has 0 aromatic heterocycles. The van der Waals surface area contributed by atoms with Crippen LogP contribution in [0.15, 0.2) is 61.2 Å². The number of rotatable bonds is 7. The van der Waals surface area contributed by atoms with Crippen LogP contribution in [0.1, 0.15) is 36.7 Å². The minimum Gasteiger partial charge on any atom is -0.368 e. The van der Waals surface area contributed by atoms with Crippen molar-refractivity contribution in [2.24, 2.45) is 0 Å². The molecule has 1 saturated heterocycles. The van der Waals surface area contributed by atoms with Gasteiger partial charge in [0.1, 0.15) is 6.54 Å². The largest absolute Gasteiger partial charge is 0.368 e. The number of amides is 4. The van der Waals surface area contributed by atoms with E-state index < -0.39 is 5.54 Å². The van der Waals surface area contributed by atoms with Gasteiger partial charge in [0.05, 0.1) is 0 Å². The van der Waals surface area contributed by atoms with Crippen molar-refractivity contribution >= 4 is 29.2 Å². The monoisotopic (exact) mass is 491 g/mol. The summed E-state index contributed by atoms with van der Waals surface area (Å²) in [6.07, 6.45) is 1.60. The van der Waals surface area contributed by atoms with Crippen LogP contribution in [0.5, 0.6) is 0 Å². The zero-order chi connectivity index (χ0) is 26.3. The molecule has 1 heterocycles. The van der Waals surface area contributed by atoms with Gasteiger partial charge in [-0.05, 0) is 64.1 Å². The summed E-state index contributed by atoms with van der Waals surface area (Å²) in [6.45, 7) is 14.3. The number of hydrogen-bond donors (Lipinski definition) is 2. The van der Waals surface area contributed by atoms with Gasteiger partial charge in [-0.3, -0.25) is 9.59 Å². The molecular weight excluding hydrogens is 454 g/mol. The maximum atomic E-state index is 12.8. The van der Waals surface area contributed by atoms with Gasteiger partial charge < -0.3 is 25.3 Å². The van der Waals surface area contributed by atoms with E-state index in [1.807, 2.05) is 81.1 Å². The van der Waals surface area contributed by atoms with E-state index in [0.717, 1.165) is 29.9 Å². The molecule has 0 unspecified atom stereocenters. The maximum absolute atomic E-state index is 12.8. The lowest BCUT2D eigenvalue weighted by Gasteiger charge is -2.36. The Labute approximate surface area is 213 Å². The van der Waals surface area contributed by atoms with Crippen LogP contribution in [-0.2, 0) is 4.79 Å². The van der Waals surface area contributed by atoms with E-state index >= 15 is 0 Å². The summed E-state index contributed by atoms with van der Waals surface area (Å²) in [6, 6.07) is 15.0. The van der Waals surface area contributed by atoms with E-state index in [-0.39, 0.29) is 30.9 Å². The van der Waals surface area contributed by atoms with Gasteiger partial charge in [0.2, 0.25) is 5.91 Å².